The van der Waals surface area contributed by atoms with Gasteiger partial charge in [-0.25, -0.2) is 4.98 Å². The Morgan fingerprint density at radius 2 is 2.00 bits per heavy atom. The maximum atomic E-state index is 4.83. The Bertz CT molecular complexity index is 749. The van der Waals surface area contributed by atoms with Crippen LogP contribution in [0, 0.1) is 0 Å². The molecular weight excluding hydrogens is 296 g/mol. The summed E-state index contributed by atoms with van der Waals surface area (Å²) >= 11 is 0. The molecule has 4 heteroatoms. The van der Waals surface area contributed by atoms with E-state index in [4.69, 9.17) is 4.98 Å². The van der Waals surface area contributed by atoms with Crippen molar-refractivity contribution in [1.29, 1.82) is 0 Å². The maximum absolute atomic E-state index is 4.83. The number of aryl methyl sites for hydroxylation is 1. The second-order valence-electron chi connectivity index (χ2n) is 7.71. The molecule has 0 saturated heterocycles. The predicted octanol–water partition coefficient (Wildman–Crippen LogP) is 3.91. The van der Waals surface area contributed by atoms with E-state index >= 15 is 0 Å². The van der Waals surface area contributed by atoms with Crippen LogP contribution in [-0.2, 0) is 18.4 Å². The van der Waals surface area contributed by atoms with Crippen molar-refractivity contribution in [3.63, 3.8) is 0 Å². The first-order chi connectivity index (χ1) is 11.5. The first-order valence-electron chi connectivity index (χ1n) is 9.03. The van der Waals surface area contributed by atoms with Crippen LogP contribution in [0.2, 0.25) is 0 Å². The molecule has 2 heterocycles. The molecule has 24 heavy (non-hydrogen) atoms. The highest BCUT2D eigenvalue weighted by molar-refractivity contribution is 5.51. The molecule has 4 nitrogen and oxygen atoms in total. The van der Waals surface area contributed by atoms with Gasteiger partial charge in [-0.2, -0.15) is 4.98 Å². The molecule has 126 valence electrons. The summed E-state index contributed by atoms with van der Waals surface area (Å²) in [5, 5.41) is 3.46. The first kappa shape index (κ1) is 15.4. The second kappa shape index (κ2) is 5.76. The summed E-state index contributed by atoms with van der Waals surface area (Å²) in [6.07, 6.45) is 3.40. The van der Waals surface area contributed by atoms with E-state index in [0.29, 0.717) is 6.04 Å². The Morgan fingerprint density at radius 3 is 2.75 bits per heavy atom. The minimum absolute atomic E-state index is 0.121. The number of anilines is 2. The Labute approximate surface area is 144 Å². The summed E-state index contributed by atoms with van der Waals surface area (Å²) in [5.41, 5.74) is 4.10. The fourth-order valence-electron chi connectivity index (χ4n) is 3.61. The van der Waals surface area contributed by atoms with Gasteiger partial charge >= 0.3 is 0 Å². The van der Waals surface area contributed by atoms with E-state index in [1.807, 2.05) is 0 Å². The number of nitrogens with zero attached hydrogens (tertiary/aromatic N) is 3. The summed E-state index contributed by atoms with van der Waals surface area (Å²) < 4.78 is 0. The third kappa shape index (κ3) is 2.97. The minimum atomic E-state index is 0.121. The summed E-state index contributed by atoms with van der Waals surface area (Å²) in [6, 6.07) is 11.5. The van der Waals surface area contributed by atoms with Crippen LogP contribution in [-0.4, -0.2) is 22.6 Å². The summed E-state index contributed by atoms with van der Waals surface area (Å²) in [5.74, 6) is 1.84. The maximum Gasteiger partial charge on any atom is 0.225 e. The lowest BCUT2D eigenvalue weighted by atomic mass is 9.78. The molecule has 1 aromatic heterocycles. The lowest BCUT2D eigenvalue weighted by Gasteiger charge is -2.40. The van der Waals surface area contributed by atoms with Crippen LogP contribution in [0.3, 0.4) is 0 Å². The first-order valence-corrected chi connectivity index (χ1v) is 9.03. The molecule has 0 amide bonds. The highest BCUT2D eigenvalue weighted by Gasteiger charge is 2.32. The number of aromatic nitrogens is 2. The number of fused-ring (bicyclic) bond motifs is 1. The molecule has 0 bridgehead atoms. The van der Waals surface area contributed by atoms with Gasteiger partial charge in [0.15, 0.2) is 0 Å². The van der Waals surface area contributed by atoms with E-state index in [1.54, 1.807) is 0 Å². The Kier molecular flexibility index (Phi) is 3.70. The molecule has 2 aliphatic rings. The molecule has 0 atom stereocenters. The van der Waals surface area contributed by atoms with Crippen molar-refractivity contribution < 1.29 is 0 Å². The minimum Gasteiger partial charge on any atom is -0.351 e. The van der Waals surface area contributed by atoms with E-state index in [0.717, 1.165) is 37.0 Å². The molecule has 0 spiro atoms. The summed E-state index contributed by atoms with van der Waals surface area (Å²) in [6.45, 7) is 8.70. The van der Waals surface area contributed by atoms with E-state index < -0.39 is 0 Å². The van der Waals surface area contributed by atoms with Crippen molar-refractivity contribution >= 4 is 11.8 Å². The molecule has 0 radical (unpaired) electrons. The van der Waals surface area contributed by atoms with Gasteiger partial charge in [-0.15, -0.1) is 0 Å². The third-order valence-electron chi connectivity index (χ3n) is 5.06. The van der Waals surface area contributed by atoms with Crippen molar-refractivity contribution in [2.24, 2.45) is 0 Å². The smallest absolute Gasteiger partial charge is 0.225 e. The fourth-order valence-corrected chi connectivity index (χ4v) is 3.61. The van der Waals surface area contributed by atoms with Gasteiger partial charge in [0, 0.05) is 36.3 Å². The SMILES string of the molecule is CCc1cc(N2Cc3ccccc3C(C)(C)C2)nc(NC2CC2)n1. The average molecular weight is 322 g/mol. The van der Waals surface area contributed by atoms with Crippen molar-refractivity contribution in [3.8, 4) is 0 Å². The predicted molar refractivity (Wildman–Crippen MR) is 98.6 cm³/mol. The number of benzene rings is 1. The van der Waals surface area contributed by atoms with E-state index in [9.17, 15) is 0 Å². The molecule has 1 fully saturated rings. The van der Waals surface area contributed by atoms with Crippen LogP contribution in [0.15, 0.2) is 30.3 Å². The lowest BCUT2D eigenvalue weighted by Crippen LogP contribution is -2.42. The van der Waals surface area contributed by atoms with Crippen LogP contribution >= 0.6 is 0 Å². The summed E-state index contributed by atoms with van der Waals surface area (Å²) in [7, 11) is 0. The fraction of sp³-hybridized carbons (Fsp3) is 0.500. The average Bonchev–Trinajstić information content (AvgIpc) is 3.38. The van der Waals surface area contributed by atoms with Crippen LogP contribution in [0.5, 0.6) is 0 Å². The number of hydrogen-bond acceptors (Lipinski definition) is 4. The van der Waals surface area contributed by atoms with Crippen LogP contribution in [0.25, 0.3) is 0 Å². The normalized spacial score (nSPS) is 19.0. The lowest BCUT2D eigenvalue weighted by molar-refractivity contribution is 0.474. The quantitative estimate of drug-likeness (QED) is 0.926. The van der Waals surface area contributed by atoms with Crippen molar-refractivity contribution in [2.45, 2.75) is 58.0 Å². The molecule has 2 aromatic rings. The van der Waals surface area contributed by atoms with Gasteiger partial charge in [-0.05, 0) is 30.4 Å². The topological polar surface area (TPSA) is 41.1 Å². The molecule has 1 aliphatic carbocycles. The van der Waals surface area contributed by atoms with Crippen LogP contribution in [0.4, 0.5) is 11.8 Å². The van der Waals surface area contributed by atoms with Gasteiger partial charge in [0.2, 0.25) is 5.95 Å². The largest absolute Gasteiger partial charge is 0.351 e. The van der Waals surface area contributed by atoms with Crippen LogP contribution in [0.1, 0.15) is 50.4 Å². The Morgan fingerprint density at radius 1 is 1.21 bits per heavy atom. The number of rotatable bonds is 4. The molecule has 1 saturated carbocycles. The molecule has 1 aromatic carbocycles. The monoisotopic (exact) mass is 322 g/mol. The number of hydrogen-bond donors (Lipinski definition) is 1. The van der Waals surface area contributed by atoms with Gasteiger partial charge < -0.3 is 10.2 Å². The Hall–Kier alpha value is -2.10. The van der Waals surface area contributed by atoms with Crippen molar-refractivity contribution in [2.75, 3.05) is 16.8 Å². The van der Waals surface area contributed by atoms with E-state index in [1.165, 1.54) is 24.0 Å². The molecule has 4 rings (SSSR count). The Balaban J connectivity index is 1.68. The highest BCUT2D eigenvalue weighted by atomic mass is 15.2. The van der Waals surface area contributed by atoms with Gasteiger partial charge in [-0.1, -0.05) is 45.0 Å². The standard InChI is InChI=1S/C20H26N4/c1-4-15-11-18(23-19(21-15)22-16-9-10-16)24-12-14-7-5-6-8-17(14)20(2,3)13-24/h5-8,11,16H,4,9-10,12-13H2,1-3H3,(H,21,22,23). The van der Waals surface area contributed by atoms with Crippen LogP contribution < -0.4 is 10.2 Å². The van der Waals surface area contributed by atoms with Gasteiger partial charge in [0.1, 0.15) is 5.82 Å². The van der Waals surface area contributed by atoms with Crippen molar-refractivity contribution in [1.82, 2.24) is 9.97 Å². The van der Waals surface area contributed by atoms with E-state index in [2.05, 4.69) is 66.3 Å². The second-order valence-corrected chi connectivity index (χ2v) is 7.71. The van der Waals surface area contributed by atoms with Gasteiger partial charge in [0.05, 0.1) is 0 Å². The summed E-state index contributed by atoms with van der Waals surface area (Å²) in [4.78, 5) is 11.9. The van der Waals surface area contributed by atoms with Gasteiger partial charge in [0.25, 0.3) is 0 Å². The molecule has 1 N–H and O–H groups in total. The third-order valence-corrected chi connectivity index (χ3v) is 5.06. The van der Waals surface area contributed by atoms with E-state index in [-0.39, 0.29) is 5.41 Å². The van der Waals surface area contributed by atoms with Gasteiger partial charge in [-0.3, -0.25) is 0 Å². The molecular formula is C20H26N4. The van der Waals surface area contributed by atoms with Crippen molar-refractivity contribution in [3.05, 3.63) is 47.2 Å². The number of nitrogens with one attached hydrogen (secondary N) is 1. The molecule has 1 aliphatic heterocycles. The molecule has 0 unspecified atom stereocenters. The zero-order valence-electron chi connectivity index (χ0n) is 14.8. The zero-order chi connectivity index (χ0) is 16.7. The zero-order valence-corrected chi connectivity index (χ0v) is 14.8. The highest BCUT2D eigenvalue weighted by Crippen LogP contribution is 2.35.